The fourth-order valence-electron chi connectivity index (χ4n) is 5.99. The zero-order valence-electron chi connectivity index (χ0n) is 23.0. The van der Waals surface area contributed by atoms with Gasteiger partial charge in [0, 0.05) is 17.5 Å². The minimum atomic E-state index is -0.838. The van der Waals surface area contributed by atoms with E-state index in [1.54, 1.807) is 0 Å². The van der Waals surface area contributed by atoms with E-state index >= 15 is 0 Å². The monoisotopic (exact) mass is 537 g/mol. The predicted octanol–water partition coefficient (Wildman–Crippen LogP) is 5.99. The van der Waals surface area contributed by atoms with Gasteiger partial charge < -0.3 is 10.4 Å². The lowest BCUT2D eigenvalue weighted by molar-refractivity contribution is -0.137. The molecule has 0 saturated heterocycles. The summed E-state index contributed by atoms with van der Waals surface area (Å²) in [6, 6.07) is 21.2. The Labute approximate surface area is 233 Å². The van der Waals surface area contributed by atoms with E-state index in [1.807, 2.05) is 80.6 Å². The van der Waals surface area contributed by atoms with Crippen molar-refractivity contribution in [2.45, 2.75) is 64.8 Å². The summed E-state index contributed by atoms with van der Waals surface area (Å²) >= 11 is 0. The van der Waals surface area contributed by atoms with Crippen molar-refractivity contribution >= 4 is 28.3 Å². The third kappa shape index (κ3) is 5.83. The van der Waals surface area contributed by atoms with E-state index in [9.17, 15) is 14.4 Å². The Morgan fingerprint density at radius 3 is 2.38 bits per heavy atom. The van der Waals surface area contributed by atoms with Crippen LogP contribution in [-0.4, -0.2) is 26.8 Å². The maximum Gasteiger partial charge on any atom is 0.303 e. The Balaban J connectivity index is 1.38. The van der Waals surface area contributed by atoms with Gasteiger partial charge in [0.25, 0.3) is 5.56 Å². The van der Waals surface area contributed by atoms with Gasteiger partial charge in [0.2, 0.25) is 5.91 Å². The summed E-state index contributed by atoms with van der Waals surface area (Å²) in [4.78, 5) is 37.9. The fraction of sp³-hybridized carbons (Fsp3) is 0.333. The number of fused-ring (bicyclic) bond motifs is 1. The second-order valence-corrected chi connectivity index (χ2v) is 10.8. The van der Waals surface area contributed by atoms with Crippen LogP contribution < -0.4 is 10.9 Å². The maximum atomic E-state index is 13.8. The molecule has 1 amide bonds. The Morgan fingerprint density at radius 1 is 0.975 bits per heavy atom. The van der Waals surface area contributed by atoms with Crippen molar-refractivity contribution in [3.05, 3.63) is 105 Å². The highest BCUT2D eigenvalue weighted by Gasteiger charge is 2.32. The highest BCUT2D eigenvalue weighted by molar-refractivity contribution is 5.97. The second kappa shape index (κ2) is 11.9. The average molecular weight is 538 g/mol. The normalized spacial score (nSPS) is 14.3. The molecule has 1 atom stereocenters. The quantitative estimate of drug-likeness (QED) is 0.273. The van der Waals surface area contributed by atoms with Crippen LogP contribution in [0.1, 0.15) is 66.0 Å². The van der Waals surface area contributed by atoms with Gasteiger partial charge >= 0.3 is 5.97 Å². The molecular formula is C33H35N3O4. The number of hydrogen-bond donors (Lipinski definition) is 2. The highest BCUT2D eigenvalue weighted by Crippen LogP contribution is 2.38. The fourth-order valence-corrected chi connectivity index (χ4v) is 5.99. The van der Waals surface area contributed by atoms with Gasteiger partial charge in [-0.3, -0.25) is 14.4 Å². The van der Waals surface area contributed by atoms with E-state index in [0.29, 0.717) is 18.4 Å². The van der Waals surface area contributed by atoms with Crippen molar-refractivity contribution in [1.82, 2.24) is 9.78 Å². The van der Waals surface area contributed by atoms with Crippen molar-refractivity contribution in [2.75, 3.05) is 5.32 Å². The first-order valence-electron chi connectivity index (χ1n) is 14.0. The Hall–Kier alpha value is -4.26. The Kier molecular flexibility index (Phi) is 8.10. The SMILES string of the molecule is Cc1c(CCC(=O)O)cccc1NC(=O)C(c1ccc(Cn2nc(C)c3ccccc3c2=O)cc1)C1CCCC1. The highest BCUT2D eigenvalue weighted by atomic mass is 16.4. The summed E-state index contributed by atoms with van der Waals surface area (Å²) in [7, 11) is 0. The molecule has 5 rings (SSSR count). The number of carbonyl (C=O) groups excluding carboxylic acids is 1. The molecule has 0 radical (unpaired) electrons. The van der Waals surface area contributed by atoms with E-state index < -0.39 is 5.97 Å². The van der Waals surface area contributed by atoms with E-state index in [2.05, 4.69) is 10.4 Å². The van der Waals surface area contributed by atoms with Crippen LogP contribution in [0.4, 0.5) is 5.69 Å². The van der Waals surface area contributed by atoms with Gasteiger partial charge in [0.15, 0.2) is 0 Å². The van der Waals surface area contributed by atoms with Gasteiger partial charge in [0.05, 0.1) is 23.5 Å². The third-order valence-electron chi connectivity index (χ3n) is 8.19. The molecule has 1 aliphatic carbocycles. The van der Waals surface area contributed by atoms with Crippen LogP contribution in [-0.2, 0) is 22.6 Å². The zero-order chi connectivity index (χ0) is 28.2. The summed E-state index contributed by atoms with van der Waals surface area (Å²) in [5.74, 6) is -0.910. The average Bonchev–Trinajstić information content (AvgIpc) is 3.47. The largest absolute Gasteiger partial charge is 0.481 e. The first kappa shape index (κ1) is 27.3. The van der Waals surface area contributed by atoms with Crippen LogP contribution in [0, 0.1) is 19.8 Å². The maximum absolute atomic E-state index is 13.8. The van der Waals surface area contributed by atoms with E-state index in [0.717, 1.165) is 64.7 Å². The molecule has 1 aliphatic rings. The summed E-state index contributed by atoms with van der Waals surface area (Å²) in [5.41, 5.74) is 5.16. The number of carbonyl (C=O) groups is 2. The molecule has 0 spiro atoms. The second-order valence-electron chi connectivity index (χ2n) is 10.8. The predicted molar refractivity (Wildman–Crippen MR) is 157 cm³/mol. The van der Waals surface area contributed by atoms with Crippen molar-refractivity contribution < 1.29 is 14.7 Å². The number of hydrogen-bond acceptors (Lipinski definition) is 4. The van der Waals surface area contributed by atoms with Crippen LogP contribution in [0.2, 0.25) is 0 Å². The number of rotatable bonds is 9. The van der Waals surface area contributed by atoms with Gasteiger partial charge in [-0.15, -0.1) is 0 Å². The molecule has 40 heavy (non-hydrogen) atoms. The Morgan fingerprint density at radius 2 is 1.68 bits per heavy atom. The van der Waals surface area contributed by atoms with E-state index in [4.69, 9.17) is 5.11 Å². The topological polar surface area (TPSA) is 101 Å². The molecule has 206 valence electrons. The summed E-state index contributed by atoms with van der Waals surface area (Å²) in [6.45, 7) is 4.19. The minimum Gasteiger partial charge on any atom is -0.481 e. The molecule has 7 nitrogen and oxygen atoms in total. The lowest BCUT2D eigenvalue weighted by Crippen LogP contribution is -2.27. The standard InChI is InChI=1S/C33H35N3O4/c1-21-24(18-19-30(37)38)10-7-13-29(21)34-32(39)31(25-8-3-4-9-25)26-16-14-23(15-17-26)20-36-33(40)28-12-6-5-11-27(28)22(2)35-36/h5-7,10-17,25,31H,3-4,8-9,18-20H2,1-2H3,(H,34,39)(H,37,38). The summed E-state index contributed by atoms with van der Waals surface area (Å²) in [5, 5.41) is 18.3. The summed E-state index contributed by atoms with van der Waals surface area (Å²) < 4.78 is 1.51. The van der Waals surface area contributed by atoms with Crippen LogP contribution in [0.3, 0.4) is 0 Å². The molecule has 2 N–H and O–H groups in total. The smallest absolute Gasteiger partial charge is 0.303 e. The van der Waals surface area contributed by atoms with Gasteiger partial charge in [-0.05, 0) is 73.4 Å². The lowest BCUT2D eigenvalue weighted by atomic mass is 9.83. The minimum absolute atomic E-state index is 0.0406. The van der Waals surface area contributed by atoms with E-state index in [-0.39, 0.29) is 29.7 Å². The van der Waals surface area contributed by atoms with Crippen molar-refractivity contribution in [1.29, 1.82) is 0 Å². The first-order valence-corrected chi connectivity index (χ1v) is 14.0. The third-order valence-corrected chi connectivity index (χ3v) is 8.19. The molecular weight excluding hydrogens is 502 g/mol. The summed E-state index contributed by atoms with van der Waals surface area (Å²) in [6.07, 6.45) is 4.72. The van der Waals surface area contributed by atoms with Crippen LogP contribution in [0.25, 0.3) is 10.8 Å². The molecule has 1 aromatic heterocycles. The number of carboxylic acid groups (broad SMARTS) is 1. The Bertz CT molecular complexity index is 1600. The van der Waals surface area contributed by atoms with Gasteiger partial charge in [-0.25, -0.2) is 4.68 Å². The van der Waals surface area contributed by atoms with Crippen LogP contribution >= 0.6 is 0 Å². The zero-order valence-corrected chi connectivity index (χ0v) is 23.0. The number of aromatic nitrogens is 2. The van der Waals surface area contributed by atoms with Gasteiger partial charge in [0.1, 0.15) is 0 Å². The number of anilines is 1. The van der Waals surface area contributed by atoms with E-state index in [1.165, 1.54) is 4.68 Å². The number of nitrogens with one attached hydrogen (secondary N) is 1. The number of carboxylic acids is 1. The molecule has 1 saturated carbocycles. The molecule has 1 heterocycles. The van der Waals surface area contributed by atoms with Crippen LogP contribution in [0.5, 0.6) is 0 Å². The molecule has 1 fully saturated rings. The van der Waals surface area contributed by atoms with Crippen molar-refractivity contribution in [3.63, 3.8) is 0 Å². The van der Waals surface area contributed by atoms with Crippen LogP contribution in [0.15, 0.2) is 71.5 Å². The molecule has 3 aromatic carbocycles. The number of aliphatic carboxylic acids is 1. The molecule has 4 aromatic rings. The van der Waals surface area contributed by atoms with Crippen molar-refractivity contribution in [3.8, 4) is 0 Å². The number of benzene rings is 3. The lowest BCUT2D eigenvalue weighted by Gasteiger charge is -2.24. The first-order chi connectivity index (χ1) is 19.3. The van der Waals surface area contributed by atoms with Gasteiger partial charge in [-0.1, -0.05) is 67.4 Å². The van der Waals surface area contributed by atoms with Gasteiger partial charge in [-0.2, -0.15) is 5.10 Å². The van der Waals surface area contributed by atoms with Crippen molar-refractivity contribution in [2.24, 2.45) is 5.92 Å². The number of amides is 1. The molecule has 7 heteroatoms. The molecule has 0 bridgehead atoms. The number of aryl methyl sites for hydroxylation is 2. The molecule has 1 unspecified atom stereocenters. The molecule has 0 aliphatic heterocycles. The number of nitrogens with zero attached hydrogens (tertiary/aromatic N) is 2.